The second kappa shape index (κ2) is 21.2. The third kappa shape index (κ3) is 12.7. The second-order valence-corrected chi connectivity index (χ2v) is 13.9. The third-order valence-corrected chi connectivity index (χ3v) is 10.1. The molecule has 4 fully saturated rings. The zero-order valence-corrected chi connectivity index (χ0v) is 29.3. The Hall–Kier alpha value is -2.07. The van der Waals surface area contributed by atoms with Crippen molar-refractivity contribution < 1.29 is 33.2 Å². The molecule has 3 aliphatic heterocycles. The normalized spacial score (nSPS) is 30.6. The van der Waals surface area contributed by atoms with Crippen LogP contribution < -0.4 is 5.32 Å². The van der Waals surface area contributed by atoms with Crippen LogP contribution in [0.25, 0.3) is 0 Å². The minimum atomic E-state index is -0.171. The number of carbonyl (C=O) groups is 1. The first-order chi connectivity index (χ1) is 23.7. The predicted octanol–water partition coefficient (Wildman–Crippen LogP) is 7.80. The summed E-state index contributed by atoms with van der Waals surface area (Å²) in [5.74, 6) is 0.486. The van der Waals surface area contributed by atoms with E-state index < -0.39 is 0 Å². The van der Waals surface area contributed by atoms with Crippen LogP contribution >= 0.6 is 0 Å². The predicted molar refractivity (Wildman–Crippen MR) is 187 cm³/mol. The van der Waals surface area contributed by atoms with Gasteiger partial charge in [-0.15, -0.1) is 0 Å². The molecular formula is C40H61NO7. The summed E-state index contributed by atoms with van der Waals surface area (Å²) < 4.78 is 38.4. The van der Waals surface area contributed by atoms with Gasteiger partial charge in [0.1, 0.15) is 0 Å². The van der Waals surface area contributed by atoms with Gasteiger partial charge in [0.15, 0.2) is 18.9 Å². The van der Waals surface area contributed by atoms with Crippen molar-refractivity contribution >= 4 is 5.91 Å². The number of aryl methyl sites for hydroxylation is 1. The summed E-state index contributed by atoms with van der Waals surface area (Å²) in [6, 6.07) is 10.7. The Balaban J connectivity index is 1.32. The molecular weight excluding hydrogens is 606 g/mol. The molecule has 1 amide bonds. The molecule has 8 atom stereocenters. The van der Waals surface area contributed by atoms with Gasteiger partial charge in [0.05, 0.1) is 18.3 Å². The molecule has 8 heteroatoms. The summed E-state index contributed by atoms with van der Waals surface area (Å²) in [5, 5.41) is 2.90. The zero-order valence-electron chi connectivity index (χ0n) is 29.3. The highest BCUT2D eigenvalue weighted by Gasteiger charge is 2.45. The Kier molecular flexibility index (Phi) is 16.4. The van der Waals surface area contributed by atoms with E-state index in [2.05, 4.69) is 60.0 Å². The standard InChI is InChI=1S/C40H61NO7/c1-2-41-37(42)19-9-4-3-8-18-33-34(26-25-32(46-38-20-10-13-27-43-38)24-23-31-16-6-5-7-17-31)36(48-40-22-12-15-29-45-40)30-35(33)47-39-21-11-14-28-44-39/h3,5-8,16-17,25-26,32-36,38-40H,2,4,9-15,18-24,27-30H2,1H3,(H,41,42)/b8-3?,26-25+/t32-,33+,34+,35-,36+,38?,39?,40?/m0/s1. The molecule has 3 saturated heterocycles. The maximum atomic E-state index is 11.9. The molecule has 1 saturated carbocycles. The van der Waals surface area contributed by atoms with Gasteiger partial charge in [-0.1, -0.05) is 54.6 Å². The molecule has 0 bridgehead atoms. The van der Waals surface area contributed by atoms with Crippen molar-refractivity contribution in [2.45, 2.75) is 147 Å². The van der Waals surface area contributed by atoms with Crippen LogP contribution in [0.1, 0.15) is 109 Å². The molecule has 5 rings (SSSR count). The molecule has 0 radical (unpaired) electrons. The molecule has 1 aromatic rings. The number of allylic oxidation sites excluding steroid dienone is 2. The topological polar surface area (TPSA) is 84.5 Å². The summed E-state index contributed by atoms with van der Waals surface area (Å²) in [7, 11) is 0. The Bertz CT molecular complexity index is 1080. The lowest BCUT2D eigenvalue weighted by molar-refractivity contribution is -0.203. The highest BCUT2D eigenvalue weighted by Crippen LogP contribution is 2.42. The van der Waals surface area contributed by atoms with Crippen molar-refractivity contribution in [1.29, 1.82) is 0 Å². The van der Waals surface area contributed by atoms with Gasteiger partial charge < -0.3 is 33.7 Å². The van der Waals surface area contributed by atoms with E-state index in [1.165, 1.54) is 5.56 Å². The number of carbonyl (C=O) groups excluding carboxylic acids is 1. The van der Waals surface area contributed by atoms with Gasteiger partial charge in [0.2, 0.25) is 5.91 Å². The van der Waals surface area contributed by atoms with Gasteiger partial charge in [-0.2, -0.15) is 0 Å². The Morgan fingerprint density at radius 3 is 2.19 bits per heavy atom. The molecule has 48 heavy (non-hydrogen) atoms. The summed E-state index contributed by atoms with van der Waals surface area (Å²) in [4.78, 5) is 11.9. The number of ether oxygens (including phenoxy) is 6. The summed E-state index contributed by atoms with van der Waals surface area (Å²) >= 11 is 0. The molecule has 0 aromatic heterocycles. The summed E-state index contributed by atoms with van der Waals surface area (Å²) in [5.41, 5.74) is 1.32. The summed E-state index contributed by atoms with van der Waals surface area (Å²) in [6.45, 7) is 4.92. The minimum Gasteiger partial charge on any atom is -0.356 e. The number of hydrogen-bond acceptors (Lipinski definition) is 7. The lowest BCUT2D eigenvalue weighted by atomic mass is 9.89. The molecule has 268 valence electrons. The lowest BCUT2D eigenvalue weighted by Gasteiger charge is -2.30. The smallest absolute Gasteiger partial charge is 0.219 e. The number of nitrogens with one attached hydrogen (secondary N) is 1. The lowest BCUT2D eigenvalue weighted by Crippen LogP contribution is -2.31. The maximum absolute atomic E-state index is 11.9. The van der Waals surface area contributed by atoms with Gasteiger partial charge in [0.25, 0.3) is 0 Å². The molecule has 0 spiro atoms. The second-order valence-electron chi connectivity index (χ2n) is 13.9. The van der Waals surface area contributed by atoms with Crippen molar-refractivity contribution in [2.24, 2.45) is 11.8 Å². The molecule has 3 unspecified atom stereocenters. The van der Waals surface area contributed by atoms with Gasteiger partial charge in [-0.25, -0.2) is 0 Å². The Labute approximate surface area is 289 Å². The van der Waals surface area contributed by atoms with Crippen LogP contribution in [0.2, 0.25) is 0 Å². The van der Waals surface area contributed by atoms with Crippen LogP contribution in [0, 0.1) is 11.8 Å². The maximum Gasteiger partial charge on any atom is 0.219 e. The highest BCUT2D eigenvalue weighted by molar-refractivity contribution is 5.75. The van der Waals surface area contributed by atoms with E-state index in [1.807, 2.05) is 6.92 Å². The fourth-order valence-corrected chi connectivity index (χ4v) is 7.46. The SMILES string of the molecule is CCNC(=O)CCCC=CC[C@@H]1[C@@H](/C=C/[C@H](CCc2ccccc2)OC2CCCCO2)[C@H](OC2CCCCO2)C[C@@H]1OC1CCCCO1. The van der Waals surface area contributed by atoms with Crippen LogP contribution in [0.5, 0.6) is 0 Å². The van der Waals surface area contributed by atoms with E-state index >= 15 is 0 Å². The van der Waals surface area contributed by atoms with Crippen molar-refractivity contribution in [3.63, 3.8) is 0 Å². The average molecular weight is 668 g/mol. The Morgan fingerprint density at radius 1 is 0.875 bits per heavy atom. The van der Waals surface area contributed by atoms with Crippen LogP contribution in [0.15, 0.2) is 54.6 Å². The average Bonchev–Trinajstić information content (AvgIpc) is 3.43. The third-order valence-electron chi connectivity index (χ3n) is 10.1. The number of hydrogen-bond donors (Lipinski definition) is 1. The fourth-order valence-electron chi connectivity index (χ4n) is 7.46. The number of rotatable bonds is 18. The van der Waals surface area contributed by atoms with Crippen LogP contribution in [0.4, 0.5) is 0 Å². The Morgan fingerprint density at radius 2 is 1.54 bits per heavy atom. The van der Waals surface area contributed by atoms with E-state index in [0.29, 0.717) is 13.0 Å². The van der Waals surface area contributed by atoms with Gasteiger partial charge in [-0.3, -0.25) is 4.79 Å². The molecule has 4 aliphatic rings. The van der Waals surface area contributed by atoms with Crippen molar-refractivity contribution in [1.82, 2.24) is 5.32 Å². The number of unbranched alkanes of at least 4 members (excludes halogenated alkanes) is 1. The van der Waals surface area contributed by atoms with Crippen LogP contribution in [-0.4, -0.2) is 69.5 Å². The van der Waals surface area contributed by atoms with Crippen LogP contribution in [-0.2, 0) is 39.6 Å². The molecule has 8 nitrogen and oxygen atoms in total. The van der Waals surface area contributed by atoms with E-state index in [0.717, 1.165) is 116 Å². The number of amides is 1. The van der Waals surface area contributed by atoms with Crippen molar-refractivity contribution in [2.75, 3.05) is 26.4 Å². The number of benzene rings is 1. The van der Waals surface area contributed by atoms with Gasteiger partial charge in [-0.05, 0) is 108 Å². The van der Waals surface area contributed by atoms with E-state index in [-0.39, 0.29) is 54.9 Å². The molecule has 1 aliphatic carbocycles. The van der Waals surface area contributed by atoms with Gasteiger partial charge in [0, 0.05) is 45.1 Å². The molecule has 1 N–H and O–H groups in total. The largest absolute Gasteiger partial charge is 0.356 e. The van der Waals surface area contributed by atoms with Crippen molar-refractivity contribution in [3.05, 3.63) is 60.2 Å². The first-order valence-electron chi connectivity index (χ1n) is 19.1. The summed E-state index contributed by atoms with van der Waals surface area (Å²) in [6.07, 6.45) is 23.9. The van der Waals surface area contributed by atoms with E-state index in [4.69, 9.17) is 28.4 Å². The monoisotopic (exact) mass is 667 g/mol. The highest BCUT2D eigenvalue weighted by atomic mass is 16.7. The molecule has 3 heterocycles. The molecule has 1 aromatic carbocycles. The first-order valence-corrected chi connectivity index (χ1v) is 19.1. The van der Waals surface area contributed by atoms with Crippen LogP contribution in [0.3, 0.4) is 0 Å². The zero-order chi connectivity index (χ0) is 33.2. The quantitative estimate of drug-likeness (QED) is 0.126. The van der Waals surface area contributed by atoms with E-state index in [1.54, 1.807) is 0 Å². The van der Waals surface area contributed by atoms with E-state index in [9.17, 15) is 4.79 Å². The fraction of sp³-hybridized carbons (Fsp3) is 0.725. The van der Waals surface area contributed by atoms with Gasteiger partial charge >= 0.3 is 0 Å². The van der Waals surface area contributed by atoms with Crippen molar-refractivity contribution in [3.8, 4) is 0 Å². The first kappa shape index (κ1) is 37.2. The minimum absolute atomic E-state index is 0.0155.